The van der Waals surface area contributed by atoms with Crippen molar-refractivity contribution >= 4 is 33.6 Å². The average molecular weight is 317 g/mol. The van der Waals surface area contributed by atoms with Crippen molar-refractivity contribution in [2.24, 2.45) is 0 Å². The molecule has 1 aliphatic heterocycles. The lowest BCUT2D eigenvalue weighted by molar-refractivity contribution is -0.380. The number of thiophene rings is 1. The van der Waals surface area contributed by atoms with Crippen LogP contribution in [0.1, 0.15) is 23.2 Å². The number of nitrogens with zero attached hydrogens (tertiary/aromatic N) is 2. The molecule has 3 rings (SSSR count). The lowest BCUT2D eigenvalue weighted by Crippen LogP contribution is -2.20. The van der Waals surface area contributed by atoms with Gasteiger partial charge in [0.2, 0.25) is 0 Å². The quantitative estimate of drug-likeness (QED) is 0.691. The maximum absolute atomic E-state index is 12.3. The predicted octanol–water partition coefficient (Wildman–Crippen LogP) is 3.51. The number of anilines is 2. The number of rotatable bonds is 4. The van der Waals surface area contributed by atoms with Gasteiger partial charge in [-0.1, -0.05) is 23.5 Å². The van der Waals surface area contributed by atoms with E-state index in [1.165, 1.54) is 11.4 Å². The van der Waals surface area contributed by atoms with Crippen molar-refractivity contribution in [3.05, 3.63) is 51.4 Å². The Morgan fingerprint density at radius 1 is 1.27 bits per heavy atom. The Bertz CT molecular complexity index is 708. The Labute approximate surface area is 131 Å². The van der Waals surface area contributed by atoms with E-state index < -0.39 is 4.92 Å². The first-order valence-corrected chi connectivity index (χ1v) is 7.91. The molecule has 0 aliphatic carbocycles. The molecule has 114 valence electrons. The van der Waals surface area contributed by atoms with Crippen LogP contribution in [0.5, 0.6) is 0 Å². The maximum atomic E-state index is 12.3. The third-order valence-corrected chi connectivity index (χ3v) is 4.51. The normalized spacial score (nSPS) is 14.1. The maximum Gasteiger partial charge on any atom is 0.324 e. The number of carbonyl (C=O) groups excluding carboxylic acids is 1. The van der Waals surface area contributed by atoms with E-state index in [0.717, 1.165) is 48.6 Å². The Hall–Kier alpha value is -2.41. The highest BCUT2D eigenvalue weighted by atomic mass is 32.1. The van der Waals surface area contributed by atoms with Gasteiger partial charge in [-0.15, -0.1) is 0 Å². The van der Waals surface area contributed by atoms with E-state index in [-0.39, 0.29) is 10.9 Å². The van der Waals surface area contributed by atoms with Gasteiger partial charge in [0.15, 0.2) is 0 Å². The molecule has 1 amide bonds. The molecule has 0 bridgehead atoms. The molecule has 1 N–H and O–H groups in total. The molecule has 0 saturated carbocycles. The average Bonchev–Trinajstić information content (AvgIpc) is 3.19. The summed E-state index contributed by atoms with van der Waals surface area (Å²) in [5, 5.41) is 15.0. The highest BCUT2D eigenvalue weighted by Gasteiger charge is 2.19. The van der Waals surface area contributed by atoms with Crippen LogP contribution in [0.2, 0.25) is 0 Å². The zero-order valence-corrected chi connectivity index (χ0v) is 12.6. The molecule has 0 atom stereocenters. The monoisotopic (exact) mass is 317 g/mol. The van der Waals surface area contributed by atoms with Crippen molar-refractivity contribution in [2.75, 3.05) is 23.3 Å². The zero-order valence-electron chi connectivity index (χ0n) is 11.8. The third-order valence-electron chi connectivity index (χ3n) is 3.63. The van der Waals surface area contributed by atoms with Crippen LogP contribution in [0.15, 0.2) is 35.7 Å². The van der Waals surface area contributed by atoms with Crippen LogP contribution in [-0.4, -0.2) is 23.9 Å². The van der Waals surface area contributed by atoms with Crippen LogP contribution >= 0.6 is 11.3 Å². The lowest BCUT2D eigenvalue weighted by Gasteiger charge is -2.21. The Morgan fingerprint density at radius 3 is 2.68 bits per heavy atom. The second-order valence-corrected chi connectivity index (χ2v) is 5.99. The molecule has 0 unspecified atom stereocenters. The fourth-order valence-electron chi connectivity index (χ4n) is 2.55. The fourth-order valence-corrected chi connectivity index (χ4v) is 3.25. The summed E-state index contributed by atoms with van der Waals surface area (Å²) in [6.45, 7) is 1.97. The Morgan fingerprint density at radius 2 is 2.00 bits per heavy atom. The van der Waals surface area contributed by atoms with Gasteiger partial charge in [-0.05, 0) is 25.0 Å². The van der Waals surface area contributed by atoms with E-state index in [4.69, 9.17) is 0 Å². The molecule has 0 radical (unpaired) electrons. The summed E-state index contributed by atoms with van der Waals surface area (Å²) in [5.41, 5.74) is 2.05. The number of hydrogen-bond donors (Lipinski definition) is 1. The molecule has 1 aliphatic rings. The summed E-state index contributed by atoms with van der Waals surface area (Å²) in [5.74, 6) is -0.323. The molecule has 1 aromatic heterocycles. The minimum Gasteiger partial charge on any atom is -0.370 e. The van der Waals surface area contributed by atoms with E-state index in [0.29, 0.717) is 5.56 Å². The van der Waals surface area contributed by atoms with Crippen molar-refractivity contribution < 1.29 is 9.72 Å². The molecule has 1 saturated heterocycles. The topological polar surface area (TPSA) is 75.5 Å². The van der Waals surface area contributed by atoms with Crippen LogP contribution in [0, 0.1) is 10.1 Å². The van der Waals surface area contributed by atoms with Gasteiger partial charge in [0.05, 0.1) is 21.9 Å². The van der Waals surface area contributed by atoms with Crippen molar-refractivity contribution in [3.8, 4) is 0 Å². The van der Waals surface area contributed by atoms with Crippen LogP contribution in [0.25, 0.3) is 0 Å². The molecule has 1 fully saturated rings. The molecular weight excluding hydrogens is 302 g/mol. The largest absolute Gasteiger partial charge is 0.370 e. The van der Waals surface area contributed by atoms with Crippen molar-refractivity contribution in [1.29, 1.82) is 0 Å². The second kappa shape index (κ2) is 6.15. The van der Waals surface area contributed by atoms with E-state index in [2.05, 4.69) is 10.2 Å². The minimum atomic E-state index is -0.486. The van der Waals surface area contributed by atoms with Gasteiger partial charge in [-0.3, -0.25) is 14.9 Å². The molecule has 1 aromatic carbocycles. The number of hydrogen-bond acceptors (Lipinski definition) is 5. The van der Waals surface area contributed by atoms with Gasteiger partial charge in [-0.25, -0.2) is 0 Å². The van der Waals surface area contributed by atoms with Gasteiger partial charge in [0, 0.05) is 24.5 Å². The number of nitro groups is 1. The number of carbonyl (C=O) groups is 1. The lowest BCUT2D eigenvalue weighted by atomic mass is 10.2. The van der Waals surface area contributed by atoms with Gasteiger partial charge in [-0.2, -0.15) is 0 Å². The summed E-state index contributed by atoms with van der Waals surface area (Å²) < 4.78 is 0. The molecule has 0 spiro atoms. The fraction of sp³-hybridized carbons (Fsp3) is 0.267. The van der Waals surface area contributed by atoms with Gasteiger partial charge in [0.25, 0.3) is 5.91 Å². The van der Waals surface area contributed by atoms with Crippen molar-refractivity contribution in [2.45, 2.75) is 12.8 Å². The number of benzene rings is 1. The second-order valence-electron chi connectivity index (χ2n) is 5.10. The van der Waals surface area contributed by atoms with Gasteiger partial charge >= 0.3 is 5.00 Å². The molecule has 7 heteroatoms. The highest BCUT2D eigenvalue weighted by Crippen LogP contribution is 2.30. The summed E-state index contributed by atoms with van der Waals surface area (Å²) in [4.78, 5) is 24.7. The SMILES string of the molecule is O=C(Nc1ccccc1N1CCCC1)c1csc([N+](=O)[O-])c1. The molecule has 6 nitrogen and oxygen atoms in total. The summed E-state index contributed by atoms with van der Waals surface area (Å²) in [7, 11) is 0. The van der Waals surface area contributed by atoms with E-state index in [1.807, 2.05) is 24.3 Å². The van der Waals surface area contributed by atoms with E-state index in [9.17, 15) is 14.9 Å². The first-order valence-electron chi connectivity index (χ1n) is 7.03. The third kappa shape index (κ3) is 2.94. The zero-order chi connectivity index (χ0) is 15.5. The Kier molecular flexibility index (Phi) is 4.06. The number of amides is 1. The first-order chi connectivity index (χ1) is 10.6. The minimum absolute atomic E-state index is 0.0296. The predicted molar refractivity (Wildman–Crippen MR) is 86.8 cm³/mol. The Balaban J connectivity index is 1.80. The number of para-hydroxylation sites is 2. The van der Waals surface area contributed by atoms with Crippen molar-refractivity contribution in [1.82, 2.24) is 0 Å². The van der Waals surface area contributed by atoms with E-state index in [1.54, 1.807) is 0 Å². The van der Waals surface area contributed by atoms with Gasteiger partial charge in [0.1, 0.15) is 0 Å². The standard InChI is InChI=1S/C15H15N3O3S/c19-15(11-9-14(18(20)21)22-10-11)16-12-5-1-2-6-13(12)17-7-3-4-8-17/h1-2,5-6,9-10H,3-4,7-8H2,(H,16,19). The van der Waals surface area contributed by atoms with Gasteiger partial charge < -0.3 is 10.2 Å². The van der Waals surface area contributed by atoms with Crippen LogP contribution in [-0.2, 0) is 0 Å². The molecule has 2 aromatic rings. The van der Waals surface area contributed by atoms with Crippen LogP contribution < -0.4 is 10.2 Å². The molecule has 22 heavy (non-hydrogen) atoms. The molecule has 2 heterocycles. The summed E-state index contributed by atoms with van der Waals surface area (Å²) >= 11 is 0.956. The van der Waals surface area contributed by atoms with Crippen molar-refractivity contribution in [3.63, 3.8) is 0 Å². The summed E-state index contributed by atoms with van der Waals surface area (Å²) in [6, 6.07) is 8.95. The van der Waals surface area contributed by atoms with Crippen LogP contribution in [0.4, 0.5) is 16.4 Å². The molecular formula is C15H15N3O3S. The summed E-state index contributed by atoms with van der Waals surface area (Å²) in [6.07, 6.45) is 2.30. The highest BCUT2D eigenvalue weighted by molar-refractivity contribution is 7.13. The smallest absolute Gasteiger partial charge is 0.324 e. The van der Waals surface area contributed by atoms with E-state index >= 15 is 0 Å². The van der Waals surface area contributed by atoms with Crippen LogP contribution in [0.3, 0.4) is 0 Å². The first kappa shape index (κ1) is 14.5. The number of nitrogens with one attached hydrogen (secondary N) is 1.